The van der Waals surface area contributed by atoms with Gasteiger partial charge in [0.2, 0.25) is 0 Å². The fraction of sp³-hybridized carbons (Fsp3) is 0.278. The van der Waals surface area contributed by atoms with Crippen molar-refractivity contribution in [2.45, 2.75) is 25.2 Å². The summed E-state index contributed by atoms with van der Waals surface area (Å²) in [6, 6.07) is 11.9. The minimum absolute atomic E-state index is 0.0848. The second-order valence-electron chi connectivity index (χ2n) is 5.43. The molecule has 108 valence electrons. The number of halogens is 1. The fourth-order valence-electron chi connectivity index (χ4n) is 2.64. The molecule has 3 heteroatoms. The van der Waals surface area contributed by atoms with E-state index in [-0.39, 0.29) is 11.3 Å². The van der Waals surface area contributed by atoms with E-state index in [1.54, 1.807) is 12.1 Å². The van der Waals surface area contributed by atoms with Gasteiger partial charge < -0.3 is 4.74 Å². The smallest absolute Gasteiger partial charge is 0.195 e. The van der Waals surface area contributed by atoms with Gasteiger partial charge in [0.25, 0.3) is 0 Å². The lowest BCUT2D eigenvalue weighted by Crippen LogP contribution is -2.10. The Morgan fingerprint density at radius 1 is 1.19 bits per heavy atom. The van der Waals surface area contributed by atoms with Crippen LogP contribution in [0.1, 0.15) is 46.7 Å². The van der Waals surface area contributed by atoms with Crippen molar-refractivity contribution >= 4 is 5.78 Å². The van der Waals surface area contributed by atoms with Gasteiger partial charge >= 0.3 is 0 Å². The molecule has 3 rings (SSSR count). The Morgan fingerprint density at radius 2 is 2.00 bits per heavy atom. The molecule has 2 aromatic carbocycles. The molecule has 0 saturated heterocycles. The fourth-order valence-corrected chi connectivity index (χ4v) is 2.64. The molecule has 0 amide bonds. The van der Waals surface area contributed by atoms with E-state index < -0.39 is 5.82 Å². The Morgan fingerprint density at radius 3 is 2.62 bits per heavy atom. The van der Waals surface area contributed by atoms with Gasteiger partial charge in [-0.3, -0.25) is 4.79 Å². The van der Waals surface area contributed by atoms with Crippen molar-refractivity contribution < 1.29 is 13.9 Å². The van der Waals surface area contributed by atoms with Gasteiger partial charge in [-0.1, -0.05) is 24.6 Å². The molecule has 0 spiro atoms. The van der Waals surface area contributed by atoms with Crippen LogP contribution >= 0.6 is 0 Å². The number of methoxy groups -OCH3 is 1. The molecule has 1 aliphatic carbocycles. The Balaban J connectivity index is 1.91. The number of carbonyl (C=O) groups is 1. The van der Waals surface area contributed by atoms with Gasteiger partial charge in [-0.15, -0.1) is 0 Å². The number of benzene rings is 2. The van der Waals surface area contributed by atoms with Crippen molar-refractivity contribution in [2.75, 3.05) is 7.11 Å². The highest BCUT2D eigenvalue weighted by molar-refractivity contribution is 6.09. The van der Waals surface area contributed by atoms with Crippen LogP contribution in [0.4, 0.5) is 4.39 Å². The molecule has 2 aromatic rings. The Bertz CT molecular complexity index is 675. The van der Waals surface area contributed by atoms with Crippen molar-refractivity contribution in [3.05, 3.63) is 65.0 Å². The summed E-state index contributed by atoms with van der Waals surface area (Å²) < 4.78 is 19.0. The second-order valence-corrected chi connectivity index (χ2v) is 5.43. The predicted octanol–water partition coefficient (Wildman–Crippen LogP) is 4.33. The highest BCUT2D eigenvalue weighted by Gasteiger charge is 2.21. The van der Waals surface area contributed by atoms with Crippen LogP contribution in [0.3, 0.4) is 0 Å². The van der Waals surface area contributed by atoms with Gasteiger partial charge in [0.05, 0.1) is 12.7 Å². The van der Waals surface area contributed by atoms with Crippen LogP contribution in [0, 0.1) is 5.82 Å². The van der Waals surface area contributed by atoms with E-state index in [0.717, 1.165) is 0 Å². The minimum atomic E-state index is -0.548. The summed E-state index contributed by atoms with van der Waals surface area (Å²) >= 11 is 0. The lowest BCUT2D eigenvalue weighted by atomic mass is 9.79. The molecule has 0 atom stereocenters. The molecule has 1 fully saturated rings. The number of ketones is 1. The van der Waals surface area contributed by atoms with E-state index in [0.29, 0.717) is 17.2 Å². The third-order valence-corrected chi connectivity index (χ3v) is 4.15. The second kappa shape index (κ2) is 5.68. The molecular weight excluding hydrogens is 267 g/mol. The van der Waals surface area contributed by atoms with E-state index in [1.807, 2.05) is 18.2 Å². The first-order valence-electron chi connectivity index (χ1n) is 7.17. The zero-order valence-corrected chi connectivity index (χ0v) is 11.9. The minimum Gasteiger partial charge on any atom is -0.497 e. The van der Waals surface area contributed by atoms with Crippen LogP contribution < -0.4 is 4.74 Å². The maximum Gasteiger partial charge on any atom is 0.195 e. The normalized spacial score (nSPS) is 14.6. The number of rotatable bonds is 4. The maximum absolute atomic E-state index is 14.0. The zero-order valence-electron chi connectivity index (χ0n) is 11.9. The summed E-state index contributed by atoms with van der Waals surface area (Å²) in [5.41, 5.74) is 1.81. The van der Waals surface area contributed by atoms with Gasteiger partial charge in [-0.2, -0.15) is 0 Å². The molecular formula is C18H17FO2. The molecule has 1 aliphatic rings. The van der Waals surface area contributed by atoms with Crippen molar-refractivity contribution in [3.63, 3.8) is 0 Å². The predicted molar refractivity (Wildman–Crippen MR) is 79.4 cm³/mol. The number of hydrogen-bond donors (Lipinski definition) is 0. The third-order valence-electron chi connectivity index (χ3n) is 4.15. The van der Waals surface area contributed by atoms with E-state index >= 15 is 0 Å². The van der Waals surface area contributed by atoms with Crippen molar-refractivity contribution in [3.8, 4) is 5.75 Å². The van der Waals surface area contributed by atoms with Crippen LogP contribution in [0.15, 0.2) is 42.5 Å². The molecule has 0 N–H and O–H groups in total. The average Bonchev–Trinajstić information content (AvgIpc) is 2.45. The van der Waals surface area contributed by atoms with Gasteiger partial charge in [0.1, 0.15) is 11.6 Å². The van der Waals surface area contributed by atoms with E-state index in [4.69, 9.17) is 4.74 Å². The molecule has 0 unspecified atom stereocenters. The standard InChI is InChI=1S/C18H17FO2/c1-21-15-8-9-16(17(19)11-15)18(20)14-7-3-6-13(10-14)12-4-2-5-12/h3,6-12H,2,4-5H2,1H3. The van der Waals surface area contributed by atoms with Crippen LogP contribution in [0.5, 0.6) is 5.75 Å². The van der Waals surface area contributed by atoms with Gasteiger partial charge in [-0.05, 0) is 42.5 Å². The molecule has 1 saturated carbocycles. The summed E-state index contributed by atoms with van der Waals surface area (Å²) in [6.07, 6.45) is 3.60. The van der Waals surface area contributed by atoms with E-state index in [9.17, 15) is 9.18 Å². The molecule has 2 nitrogen and oxygen atoms in total. The van der Waals surface area contributed by atoms with Crippen LogP contribution in [0.2, 0.25) is 0 Å². The van der Waals surface area contributed by atoms with Crippen molar-refractivity contribution in [2.24, 2.45) is 0 Å². The quantitative estimate of drug-likeness (QED) is 0.781. The van der Waals surface area contributed by atoms with Crippen molar-refractivity contribution in [1.29, 1.82) is 0 Å². The summed E-state index contributed by atoms with van der Waals surface area (Å²) in [4.78, 5) is 12.5. The van der Waals surface area contributed by atoms with Gasteiger partial charge in [0.15, 0.2) is 5.78 Å². The van der Waals surface area contributed by atoms with Gasteiger partial charge in [0, 0.05) is 11.6 Å². The summed E-state index contributed by atoms with van der Waals surface area (Å²) in [7, 11) is 1.47. The first kappa shape index (κ1) is 13.8. The highest BCUT2D eigenvalue weighted by atomic mass is 19.1. The average molecular weight is 284 g/mol. The number of hydrogen-bond acceptors (Lipinski definition) is 2. The highest BCUT2D eigenvalue weighted by Crippen LogP contribution is 2.36. The summed E-state index contributed by atoms with van der Waals surface area (Å²) in [6.45, 7) is 0. The molecule has 0 aromatic heterocycles. The van der Waals surface area contributed by atoms with E-state index in [1.165, 1.54) is 44.1 Å². The maximum atomic E-state index is 14.0. The molecule has 0 radical (unpaired) electrons. The van der Waals surface area contributed by atoms with Crippen molar-refractivity contribution in [1.82, 2.24) is 0 Å². The first-order valence-corrected chi connectivity index (χ1v) is 7.17. The van der Waals surface area contributed by atoms with E-state index in [2.05, 4.69) is 0 Å². The van der Waals surface area contributed by atoms with Crippen LogP contribution in [0.25, 0.3) is 0 Å². The monoisotopic (exact) mass is 284 g/mol. The number of carbonyl (C=O) groups excluding carboxylic acids is 1. The van der Waals surface area contributed by atoms with Crippen LogP contribution in [-0.2, 0) is 0 Å². The summed E-state index contributed by atoms with van der Waals surface area (Å²) in [5.74, 6) is 0.135. The Hall–Kier alpha value is -2.16. The summed E-state index contributed by atoms with van der Waals surface area (Å²) in [5, 5.41) is 0. The van der Waals surface area contributed by atoms with Gasteiger partial charge in [-0.25, -0.2) is 4.39 Å². The lowest BCUT2D eigenvalue weighted by Gasteiger charge is -2.26. The topological polar surface area (TPSA) is 26.3 Å². The Labute approximate surface area is 123 Å². The molecule has 0 aliphatic heterocycles. The molecule has 0 heterocycles. The first-order chi connectivity index (χ1) is 10.2. The molecule has 0 bridgehead atoms. The molecule has 21 heavy (non-hydrogen) atoms. The third kappa shape index (κ3) is 2.68. The largest absolute Gasteiger partial charge is 0.497 e. The zero-order chi connectivity index (χ0) is 14.8. The lowest BCUT2D eigenvalue weighted by molar-refractivity contribution is 0.103. The SMILES string of the molecule is COc1ccc(C(=O)c2cccc(C3CCC3)c2)c(F)c1. The van der Waals surface area contributed by atoms with Crippen LogP contribution in [-0.4, -0.2) is 12.9 Å². The number of ether oxygens (including phenoxy) is 1. The Kier molecular flexibility index (Phi) is 3.74.